The second kappa shape index (κ2) is 41.9. The maximum absolute atomic E-state index is 4.35. The van der Waals surface area contributed by atoms with Gasteiger partial charge in [0.15, 0.2) is 0 Å². The molecule has 0 bridgehead atoms. The highest BCUT2D eigenvalue weighted by molar-refractivity contribution is 5.94. The van der Waals surface area contributed by atoms with Crippen LogP contribution in [-0.2, 0) is 52.6 Å². The van der Waals surface area contributed by atoms with Crippen molar-refractivity contribution < 1.29 is 0 Å². The molecule has 14 rings (SSSR count). The topological polar surface area (TPSA) is 173 Å². The van der Waals surface area contributed by atoms with Crippen molar-refractivity contribution >= 4 is 29.0 Å². The van der Waals surface area contributed by atoms with Gasteiger partial charge in [0.1, 0.15) is 18.0 Å². The number of rotatable bonds is 0. The Morgan fingerprint density at radius 1 is 0.506 bits per heavy atom. The van der Waals surface area contributed by atoms with Crippen molar-refractivity contribution in [2.75, 3.05) is 68.6 Å². The third-order valence-corrected chi connectivity index (χ3v) is 12.3. The summed E-state index contributed by atoms with van der Waals surface area (Å²) in [6.45, 7) is 27.0. The number of nitrogens with zero attached hydrogens (tertiary/aromatic N) is 17. The van der Waals surface area contributed by atoms with Gasteiger partial charge in [-0.1, -0.05) is 67.5 Å². The SMILES string of the molecule is C1=CN=NC1.C1=Cc2nccnc2C1.CC.CC.CC.CC.CC1=NCC=C1.CN1CCc2ccncc21.CN1CCc2cnccc21.Cc1cccn1C.Cc1ncc2c(n1)N(C)CC2.Cn1cccn1.c1ncc2c(n1)CCC2. The first-order valence-corrected chi connectivity index (χ1v) is 28.8. The lowest BCUT2D eigenvalue weighted by Crippen LogP contribution is -2.14. The average Bonchev–Trinajstić information content (AvgIpc) is 4.39. The Morgan fingerprint density at radius 3 is 1.74 bits per heavy atom. The molecule has 0 saturated heterocycles. The maximum atomic E-state index is 4.35. The number of aryl methyl sites for hydroxylation is 6. The van der Waals surface area contributed by atoms with E-state index in [1.54, 1.807) is 35.8 Å². The lowest BCUT2D eigenvalue weighted by molar-refractivity contribution is 0.768. The number of fused-ring (bicyclic) bond motifs is 5. The van der Waals surface area contributed by atoms with Crippen LogP contribution in [0.3, 0.4) is 0 Å². The summed E-state index contributed by atoms with van der Waals surface area (Å²) in [5, 5.41) is 11.0. The van der Waals surface area contributed by atoms with Crippen LogP contribution in [-0.4, -0.2) is 114 Å². The molecular weight excluding hydrogens is 1010 g/mol. The van der Waals surface area contributed by atoms with Crippen LogP contribution in [0.1, 0.15) is 120 Å². The highest BCUT2D eigenvalue weighted by Crippen LogP contribution is 2.25. The number of hydrogen-bond donors (Lipinski definition) is 0. The number of allylic oxidation sites excluding steroid dienone is 2. The summed E-state index contributed by atoms with van der Waals surface area (Å²) >= 11 is 0. The zero-order valence-corrected chi connectivity index (χ0v) is 51.9. The van der Waals surface area contributed by atoms with E-state index in [4.69, 9.17) is 0 Å². The summed E-state index contributed by atoms with van der Waals surface area (Å²) in [6, 6.07) is 10.2. The zero-order valence-electron chi connectivity index (χ0n) is 51.9. The van der Waals surface area contributed by atoms with E-state index in [2.05, 4.69) is 138 Å². The van der Waals surface area contributed by atoms with Crippen molar-refractivity contribution in [2.24, 2.45) is 29.3 Å². The highest BCUT2D eigenvalue weighted by Gasteiger charge is 2.17. The van der Waals surface area contributed by atoms with Gasteiger partial charge in [-0.15, -0.1) is 0 Å². The number of pyridine rings is 2. The zero-order chi connectivity index (χ0) is 59.6. The van der Waals surface area contributed by atoms with Crippen molar-refractivity contribution in [1.82, 2.24) is 54.2 Å². The van der Waals surface area contributed by atoms with Gasteiger partial charge in [0, 0.05) is 158 Å². The van der Waals surface area contributed by atoms with Gasteiger partial charge in [-0.25, -0.2) is 19.9 Å². The van der Waals surface area contributed by atoms with Crippen LogP contribution >= 0.6 is 0 Å². The molecule has 0 radical (unpaired) electrons. The van der Waals surface area contributed by atoms with E-state index in [1.165, 1.54) is 64.3 Å². The fourth-order valence-electron chi connectivity index (χ4n) is 7.98. The van der Waals surface area contributed by atoms with E-state index >= 15 is 0 Å². The fraction of sp³-hybridized carbons (Fsp3) is 0.438. The molecule has 81 heavy (non-hydrogen) atoms. The number of anilines is 3. The summed E-state index contributed by atoms with van der Waals surface area (Å²) < 4.78 is 3.83. The Hall–Kier alpha value is -8.08. The smallest absolute Gasteiger partial charge is 0.135 e. The largest absolute Gasteiger partial charge is 0.374 e. The summed E-state index contributed by atoms with van der Waals surface area (Å²) in [7, 11) is 10.2. The first kappa shape index (κ1) is 69.0. The monoisotopic (exact) mass is 1100 g/mol. The Labute approximate surface area is 486 Å². The molecule has 7 aromatic rings. The molecule has 0 N–H and O–H groups in total. The first-order chi connectivity index (χ1) is 39.5. The molecular formula is C64H95N17. The predicted molar refractivity (Wildman–Crippen MR) is 340 cm³/mol. The number of likely N-dealkylation sites (N-methyl/N-ethyl adjacent to an activating group) is 3. The van der Waals surface area contributed by atoms with Gasteiger partial charge in [0.2, 0.25) is 0 Å². The number of aliphatic imine (C=N–C) groups is 1. The lowest BCUT2D eigenvalue weighted by atomic mass is 10.2. The van der Waals surface area contributed by atoms with Crippen LogP contribution in [0.4, 0.5) is 17.2 Å². The summed E-state index contributed by atoms with van der Waals surface area (Å²) in [6.07, 6.45) is 41.9. The quantitative estimate of drug-likeness (QED) is 0.141. The Balaban J connectivity index is 0.000000309. The molecule has 0 aromatic carbocycles. The average molecular weight is 1100 g/mol. The minimum absolute atomic E-state index is 0.778. The Kier molecular flexibility index (Phi) is 35.7. The molecule has 7 aliphatic rings. The second-order valence-electron chi connectivity index (χ2n) is 17.8. The summed E-state index contributed by atoms with van der Waals surface area (Å²) in [4.78, 5) is 43.7. The van der Waals surface area contributed by atoms with E-state index in [0.29, 0.717) is 0 Å². The molecule has 7 aromatic heterocycles. The van der Waals surface area contributed by atoms with Crippen LogP contribution < -0.4 is 14.7 Å². The molecule has 0 spiro atoms. The van der Waals surface area contributed by atoms with Crippen LogP contribution in [0.15, 0.2) is 151 Å². The molecule has 0 saturated carbocycles. The molecule has 17 nitrogen and oxygen atoms in total. The number of aromatic nitrogens is 11. The molecule has 0 fully saturated rings. The van der Waals surface area contributed by atoms with E-state index < -0.39 is 0 Å². The Bertz CT molecular complexity index is 2790. The minimum Gasteiger partial charge on any atom is -0.374 e. The molecule has 436 valence electrons. The van der Waals surface area contributed by atoms with Crippen LogP contribution in [0.2, 0.25) is 0 Å². The molecule has 17 heteroatoms. The summed E-state index contributed by atoms with van der Waals surface area (Å²) in [5.41, 5.74) is 13.9. The third kappa shape index (κ3) is 25.7. The van der Waals surface area contributed by atoms with Gasteiger partial charge >= 0.3 is 0 Å². The van der Waals surface area contributed by atoms with Gasteiger partial charge in [-0.3, -0.25) is 29.6 Å². The van der Waals surface area contributed by atoms with Crippen molar-refractivity contribution in [3.63, 3.8) is 0 Å². The molecule has 2 aliphatic carbocycles. The highest BCUT2D eigenvalue weighted by atomic mass is 15.2. The fourth-order valence-corrected chi connectivity index (χ4v) is 7.98. The van der Waals surface area contributed by atoms with Gasteiger partial charge in [-0.05, 0) is 125 Å². The predicted octanol–water partition coefficient (Wildman–Crippen LogP) is 12.8. The van der Waals surface area contributed by atoms with Crippen molar-refractivity contribution in [3.8, 4) is 0 Å². The van der Waals surface area contributed by atoms with Crippen molar-refractivity contribution in [3.05, 3.63) is 186 Å². The molecule has 12 heterocycles. The van der Waals surface area contributed by atoms with Crippen LogP contribution in [0.25, 0.3) is 6.08 Å². The number of hydrogen-bond acceptors (Lipinski definition) is 15. The van der Waals surface area contributed by atoms with Gasteiger partial charge < -0.3 is 19.3 Å². The molecule has 5 aliphatic heterocycles. The van der Waals surface area contributed by atoms with Gasteiger partial charge in [0.25, 0.3) is 0 Å². The minimum atomic E-state index is 0.778. The maximum Gasteiger partial charge on any atom is 0.135 e. The normalized spacial score (nSPS) is 13.4. The van der Waals surface area contributed by atoms with Gasteiger partial charge in [0.05, 0.1) is 36.4 Å². The molecule has 0 unspecified atom stereocenters. The third-order valence-electron chi connectivity index (χ3n) is 12.3. The number of azo groups is 1. The molecule has 0 atom stereocenters. The van der Waals surface area contributed by atoms with Gasteiger partial charge in [-0.2, -0.15) is 15.3 Å². The molecule has 0 amide bonds. The lowest BCUT2D eigenvalue weighted by Gasteiger charge is -2.09. The van der Waals surface area contributed by atoms with E-state index in [0.717, 1.165) is 87.1 Å². The van der Waals surface area contributed by atoms with Crippen molar-refractivity contribution in [2.45, 2.75) is 121 Å². The standard InChI is InChI=1S/C8H11N3.2C8H10N2.C7H8N2.C7H6N2.C6H9N.C5H7N.C4H6N2.C3H4N2.4C2H6/c1-6-9-5-7-3-4-11(2)8(7)10-6;1-10-5-3-7-6-9-4-2-8(7)10;1-10-5-3-7-2-4-9-6-8(7)10;1-2-6-4-8-5-9-7(6)3-1;1-2-6-7(3-1)9-5-4-8-6;1-6-4-3-5-7(6)2;1-5-3-2-4-6-5;1-6-4-2-3-5-6;1-2-4-5-3-1;4*1-2/h5H,3-4H2,1-2H3;2*2,4,6H,3,5H2,1H3;4-5H,1-3H2;1-2,4-5H,3H2;3-5H,1-2H3;2-3H,4H2,1H3;2-4H,1H3;1-2H,3H2;4*1-2H3. The van der Waals surface area contributed by atoms with Crippen molar-refractivity contribution in [1.29, 1.82) is 0 Å². The van der Waals surface area contributed by atoms with Crippen LogP contribution in [0.5, 0.6) is 0 Å². The Morgan fingerprint density at radius 2 is 1.20 bits per heavy atom. The van der Waals surface area contributed by atoms with E-state index in [9.17, 15) is 0 Å². The van der Waals surface area contributed by atoms with E-state index in [1.807, 2.05) is 163 Å². The first-order valence-electron chi connectivity index (χ1n) is 28.8. The van der Waals surface area contributed by atoms with E-state index in [-0.39, 0.29) is 0 Å². The summed E-state index contributed by atoms with van der Waals surface area (Å²) in [5.74, 6) is 1.97. The second-order valence-corrected chi connectivity index (χ2v) is 17.8. The van der Waals surface area contributed by atoms with Crippen LogP contribution in [0, 0.1) is 13.8 Å².